The highest BCUT2D eigenvalue weighted by atomic mass is 15.0. The van der Waals surface area contributed by atoms with Crippen LogP contribution in [0.4, 0.5) is 0 Å². The van der Waals surface area contributed by atoms with Crippen LogP contribution in [0, 0.1) is 0 Å². The Morgan fingerprint density at radius 2 is 0.600 bits per heavy atom. The highest BCUT2D eigenvalue weighted by Gasteiger charge is 2.17. The lowest BCUT2D eigenvalue weighted by atomic mass is 9.90. The lowest BCUT2D eigenvalue weighted by Crippen LogP contribution is -1.94. The molecule has 1 nitrogen and oxygen atoms in total. The van der Waals surface area contributed by atoms with Gasteiger partial charge in [0.15, 0.2) is 0 Å². The number of benzene rings is 12. The summed E-state index contributed by atoms with van der Waals surface area (Å²) in [6.07, 6.45) is 0. The van der Waals surface area contributed by atoms with Crippen LogP contribution >= 0.6 is 0 Å². The third-order valence-electron chi connectivity index (χ3n) is 13.6. The van der Waals surface area contributed by atoms with Crippen LogP contribution in [-0.4, -0.2) is 4.57 Å². The van der Waals surface area contributed by atoms with Crippen LogP contribution < -0.4 is 0 Å². The van der Waals surface area contributed by atoms with E-state index in [1.807, 2.05) is 0 Å². The standard InChI is InChI=1S/C64H41N/c1-3-14-42(15-4-1)45-18-11-20-47(36-45)49-30-34-63-61(38-49)62-39-50(48-21-12-19-46(37-48)43-16-5-2-6-17-43)31-35-64(62)65(63)52-32-28-44(29-33-52)53-27-13-22-51-40-59-56-25-9-7-23-54(56)55-24-8-10-26-57(55)60(59)41-58(51)53/h1-41H. The molecule has 0 aliphatic heterocycles. The van der Waals surface area contributed by atoms with Crippen molar-refractivity contribution in [1.29, 1.82) is 0 Å². The zero-order chi connectivity index (χ0) is 42.8. The largest absolute Gasteiger partial charge is 0.309 e. The number of fused-ring (bicyclic) bond motifs is 10. The molecule has 0 bridgehead atoms. The van der Waals surface area contributed by atoms with Gasteiger partial charge in [0.05, 0.1) is 11.0 Å². The van der Waals surface area contributed by atoms with E-state index in [2.05, 4.69) is 253 Å². The number of rotatable bonds is 6. The van der Waals surface area contributed by atoms with Gasteiger partial charge in [-0.25, -0.2) is 0 Å². The first-order valence-corrected chi connectivity index (χ1v) is 22.5. The minimum absolute atomic E-state index is 1.13. The molecule has 13 aromatic rings. The van der Waals surface area contributed by atoms with Gasteiger partial charge in [0.1, 0.15) is 0 Å². The van der Waals surface area contributed by atoms with Gasteiger partial charge in [-0.1, -0.05) is 188 Å². The zero-order valence-electron chi connectivity index (χ0n) is 35.6. The van der Waals surface area contributed by atoms with Crippen LogP contribution in [0.2, 0.25) is 0 Å². The van der Waals surface area contributed by atoms with E-state index in [9.17, 15) is 0 Å². The molecule has 1 aromatic heterocycles. The Bertz CT molecular complexity index is 3830. The van der Waals surface area contributed by atoms with Gasteiger partial charge in [-0.2, -0.15) is 0 Å². The maximum absolute atomic E-state index is 2.44. The van der Waals surface area contributed by atoms with Gasteiger partial charge in [0, 0.05) is 16.5 Å². The zero-order valence-corrected chi connectivity index (χ0v) is 35.6. The highest BCUT2D eigenvalue weighted by Crippen LogP contribution is 2.42. The molecule has 0 radical (unpaired) electrons. The first-order valence-electron chi connectivity index (χ1n) is 22.5. The van der Waals surface area contributed by atoms with E-state index in [4.69, 9.17) is 0 Å². The second kappa shape index (κ2) is 15.1. The number of hydrogen-bond donors (Lipinski definition) is 0. The first kappa shape index (κ1) is 37.1. The maximum Gasteiger partial charge on any atom is 0.0541 e. The predicted octanol–water partition coefficient (Wildman–Crippen LogP) is 17.7. The van der Waals surface area contributed by atoms with Gasteiger partial charge in [0.25, 0.3) is 0 Å². The monoisotopic (exact) mass is 823 g/mol. The molecule has 0 saturated carbocycles. The minimum atomic E-state index is 1.13. The van der Waals surface area contributed by atoms with E-state index in [0.29, 0.717) is 0 Å². The van der Waals surface area contributed by atoms with Crippen LogP contribution in [0.25, 0.3) is 126 Å². The van der Waals surface area contributed by atoms with Crippen molar-refractivity contribution in [3.8, 4) is 61.3 Å². The topological polar surface area (TPSA) is 4.93 Å². The Morgan fingerprint density at radius 3 is 1.12 bits per heavy atom. The van der Waals surface area contributed by atoms with Crippen molar-refractivity contribution in [2.45, 2.75) is 0 Å². The maximum atomic E-state index is 2.44. The summed E-state index contributed by atoms with van der Waals surface area (Å²) in [5, 5.41) is 12.7. The second-order valence-electron chi connectivity index (χ2n) is 17.3. The normalized spacial score (nSPS) is 11.7. The molecule has 0 amide bonds. The molecule has 0 spiro atoms. The molecule has 0 saturated heterocycles. The molecule has 0 atom stereocenters. The molecule has 1 heteroatoms. The second-order valence-corrected chi connectivity index (χ2v) is 17.3. The smallest absolute Gasteiger partial charge is 0.0541 e. The molecule has 0 unspecified atom stereocenters. The molecular formula is C64H41N. The van der Waals surface area contributed by atoms with Crippen molar-refractivity contribution in [2.24, 2.45) is 0 Å². The molecule has 0 N–H and O–H groups in total. The SMILES string of the molecule is c1ccc(-c2cccc(-c3ccc4c(c3)c3cc(-c5cccc(-c6ccccc6)c5)ccc3n4-c3ccc(-c4cccc5cc6c7ccccc7c7ccccc7c6cc45)cc3)c2)cc1. The fourth-order valence-electron chi connectivity index (χ4n) is 10.4. The van der Waals surface area contributed by atoms with Gasteiger partial charge in [-0.15, -0.1) is 0 Å². The minimum Gasteiger partial charge on any atom is -0.309 e. The third-order valence-corrected chi connectivity index (χ3v) is 13.6. The van der Waals surface area contributed by atoms with Crippen molar-refractivity contribution in [3.63, 3.8) is 0 Å². The molecule has 12 aromatic carbocycles. The third kappa shape index (κ3) is 6.24. The molecule has 1 heterocycles. The van der Waals surface area contributed by atoms with Crippen molar-refractivity contribution >= 4 is 64.9 Å². The Hall–Kier alpha value is -8.52. The number of hydrogen-bond acceptors (Lipinski definition) is 0. The van der Waals surface area contributed by atoms with Crippen LogP contribution in [0.3, 0.4) is 0 Å². The quantitative estimate of drug-likeness (QED) is 0.116. The summed E-state index contributed by atoms with van der Waals surface area (Å²) in [4.78, 5) is 0. The number of aromatic nitrogens is 1. The van der Waals surface area contributed by atoms with Crippen molar-refractivity contribution in [2.75, 3.05) is 0 Å². The van der Waals surface area contributed by atoms with Crippen molar-refractivity contribution in [3.05, 3.63) is 249 Å². The average molecular weight is 824 g/mol. The Morgan fingerprint density at radius 1 is 0.200 bits per heavy atom. The molecule has 0 aliphatic rings. The van der Waals surface area contributed by atoms with Gasteiger partial charge < -0.3 is 4.57 Å². The van der Waals surface area contributed by atoms with E-state index in [1.54, 1.807) is 0 Å². The molecule has 0 fully saturated rings. The van der Waals surface area contributed by atoms with Crippen molar-refractivity contribution in [1.82, 2.24) is 4.57 Å². The lowest BCUT2D eigenvalue weighted by molar-refractivity contribution is 1.18. The average Bonchev–Trinajstić information content (AvgIpc) is 3.72. The fourth-order valence-corrected chi connectivity index (χ4v) is 10.4. The van der Waals surface area contributed by atoms with Crippen LogP contribution in [0.5, 0.6) is 0 Å². The van der Waals surface area contributed by atoms with Gasteiger partial charge >= 0.3 is 0 Å². The summed E-state index contributed by atoms with van der Waals surface area (Å²) < 4.78 is 2.44. The summed E-state index contributed by atoms with van der Waals surface area (Å²) in [5.74, 6) is 0. The molecule has 302 valence electrons. The van der Waals surface area contributed by atoms with Gasteiger partial charge in [-0.05, 0) is 159 Å². The Kier molecular flexibility index (Phi) is 8.60. The Labute approximate surface area is 377 Å². The molecular weight excluding hydrogens is 783 g/mol. The van der Waals surface area contributed by atoms with E-state index in [1.165, 1.54) is 121 Å². The lowest BCUT2D eigenvalue weighted by Gasteiger charge is -2.14. The van der Waals surface area contributed by atoms with E-state index < -0.39 is 0 Å². The first-order chi connectivity index (χ1) is 32.2. The summed E-state index contributed by atoms with van der Waals surface area (Å²) in [6, 6.07) is 91.5. The molecule has 65 heavy (non-hydrogen) atoms. The summed E-state index contributed by atoms with van der Waals surface area (Å²) in [6.45, 7) is 0. The van der Waals surface area contributed by atoms with Gasteiger partial charge in [-0.3, -0.25) is 0 Å². The van der Waals surface area contributed by atoms with Crippen LogP contribution in [0.1, 0.15) is 0 Å². The summed E-state index contributed by atoms with van der Waals surface area (Å²) in [5.41, 5.74) is 15.6. The molecule has 13 rings (SSSR count). The summed E-state index contributed by atoms with van der Waals surface area (Å²) >= 11 is 0. The Balaban J connectivity index is 0.960. The predicted molar refractivity (Wildman–Crippen MR) is 278 cm³/mol. The van der Waals surface area contributed by atoms with E-state index in [-0.39, 0.29) is 0 Å². The fraction of sp³-hybridized carbons (Fsp3) is 0. The van der Waals surface area contributed by atoms with Gasteiger partial charge in [0.2, 0.25) is 0 Å². The molecule has 0 aliphatic carbocycles. The van der Waals surface area contributed by atoms with E-state index in [0.717, 1.165) is 5.69 Å². The van der Waals surface area contributed by atoms with Crippen LogP contribution in [-0.2, 0) is 0 Å². The van der Waals surface area contributed by atoms with Crippen molar-refractivity contribution < 1.29 is 0 Å². The highest BCUT2D eigenvalue weighted by molar-refractivity contribution is 6.27. The van der Waals surface area contributed by atoms with E-state index >= 15 is 0 Å². The van der Waals surface area contributed by atoms with Crippen LogP contribution in [0.15, 0.2) is 249 Å². The summed E-state index contributed by atoms with van der Waals surface area (Å²) in [7, 11) is 0. The number of nitrogens with zero attached hydrogens (tertiary/aromatic N) is 1.